The van der Waals surface area contributed by atoms with Gasteiger partial charge in [-0.3, -0.25) is 19.5 Å². The third-order valence-electron chi connectivity index (χ3n) is 6.10. The molecular weight excluding hydrogens is 497 g/mol. The number of hydrogen-bond acceptors (Lipinski definition) is 4. The van der Waals surface area contributed by atoms with Crippen molar-refractivity contribution >= 4 is 17.8 Å². The molecule has 0 saturated heterocycles. The zero-order valence-electron chi connectivity index (χ0n) is 20.3. The molecule has 2 amide bonds. The Hall–Kier alpha value is -4.41. The Morgan fingerprint density at radius 1 is 1.00 bits per heavy atom. The molecular formula is C27H25F3N6O2. The Kier molecular flexibility index (Phi) is 6.99. The molecule has 0 atom stereocenters. The van der Waals surface area contributed by atoms with Crippen molar-refractivity contribution in [1.29, 1.82) is 0 Å². The van der Waals surface area contributed by atoms with Gasteiger partial charge in [0.05, 0.1) is 11.9 Å². The average Bonchev–Trinajstić information content (AvgIpc) is 3.39. The molecule has 2 aromatic carbocycles. The molecule has 0 aliphatic heterocycles. The molecule has 8 nitrogen and oxygen atoms in total. The summed E-state index contributed by atoms with van der Waals surface area (Å²) in [4.78, 5) is 29.7. The predicted octanol–water partition coefficient (Wildman–Crippen LogP) is 5.07. The number of aryl methyl sites for hydroxylation is 1. The summed E-state index contributed by atoms with van der Waals surface area (Å²) in [5.41, 5.74) is 2.42. The highest BCUT2D eigenvalue weighted by Gasteiger charge is 2.31. The highest BCUT2D eigenvalue weighted by Crippen LogP contribution is 2.27. The summed E-state index contributed by atoms with van der Waals surface area (Å²) < 4.78 is 40.4. The van der Waals surface area contributed by atoms with Crippen molar-refractivity contribution in [3.63, 3.8) is 0 Å². The number of amides is 2. The summed E-state index contributed by atoms with van der Waals surface area (Å²) in [6.45, 7) is 0. The van der Waals surface area contributed by atoms with E-state index in [0.29, 0.717) is 36.8 Å². The number of anilines is 1. The standard InChI is InChI=1S/C27H25F3N6O2/c28-27(29,30)36-16-20(15-31-36)18-6-4-7-19(14-18)25(38)34-26-33-22(8-5-11-24(37)32-21-12-13-21)17-35(26)23-9-2-1-3-10-23/h1-4,6-7,9-10,14-17,21H,5,8,11-13H2,(H,32,37)(H,33,34,38). The first kappa shape index (κ1) is 25.2. The van der Waals surface area contributed by atoms with Crippen molar-refractivity contribution in [2.75, 3.05) is 5.32 Å². The minimum absolute atomic E-state index is 0.0316. The maximum absolute atomic E-state index is 13.1. The van der Waals surface area contributed by atoms with Gasteiger partial charge in [-0.25, -0.2) is 4.98 Å². The van der Waals surface area contributed by atoms with Gasteiger partial charge in [-0.15, -0.1) is 13.2 Å². The number of carbonyl (C=O) groups is 2. The van der Waals surface area contributed by atoms with Crippen LogP contribution in [0.2, 0.25) is 0 Å². The van der Waals surface area contributed by atoms with E-state index in [1.807, 2.05) is 36.5 Å². The summed E-state index contributed by atoms with van der Waals surface area (Å²) in [7, 11) is 0. The smallest absolute Gasteiger partial charge is 0.353 e. The Bertz CT molecular complexity index is 1440. The van der Waals surface area contributed by atoms with Gasteiger partial charge >= 0.3 is 6.30 Å². The number of nitrogens with zero attached hydrogens (tertiary/aromatic N) is 4. The number of carbonyl (C=O) groups excluding carboxylic acids is 2. The van der Waals surface area contributed by atoms with Crippen LogP contribution in [0.25, 0.3) is 16.8 Å². The predicted molar refractivity (Wildman–Crippen MR) is 135 cm³/mol. The van der Waals surface area contributed by atoms with Gasteiger partial charge in [-0.1, -0.05) is 30.3 Å². The van der Waals surface area contributed by atoms with Gasteiger partial charge in [-0.05, 0) is 55.5 Å². The second-order valence-corrected chi connectivity index (χ2v) is 9.13. The number of halogens is 3. The second-order valence-electron chi connectivity index (χ2n) is 9.13. The number of hydrogen-bond donors (Lipinski definition) is 2. The van der Waals surface area contributed by atoms with Crippen LogP contribution in [-0.4, -0.2) is 37.2 Å². The molecule has 4 aromatic rings. The van der Waals surface area contributed by atoms with Crippen LogP contribution in [0.5, 0.6) is 0 Å². The van der Waals surface area contributed by atoms with Crippen molar-refractivity contribution < 1.29 is 22.8 Å². The van der Waals surface area contributed by atoms with Gasteiger partial charge in [-0.2, -0.15) is 9.78 Å². The number of aromatic nitrogens is 4. The molecule has 0 radical (unpaired) electrons. The minimum Gasteiger partial charge on any atom is -0.353 e. The fraction of sp³-hybridized carbons (Fsp3) is 0.259. The Morgan fingerprint density at radius 2 is 1.79 bits per heavy atom. The van der Waals surface area contributed by atoms with E-state index in [-0.39, 0.29) is 21.7 Å². The quantitative estimate of drug-likeness (QED) is 0.321. The van der Waals surface area contributed by atoms with Crippen LogP contribution in [-0.2, 0) is 17.5 Å². The molecule has 38 heavy (non-hydrogen) atoms. The molecule has 1 aliphatic carbocycles. The molecule has 11 heteroatoms. The number of nitrogens with one attached hydrogen (secondary N) is 2. The van der Waals surface area contributed by atoms with E-state index in [4.69, 9.17) is 0 Å². The third kappa shape index (κ3) is 6.10. The molecule has 0 spiro atoms. The van der Waals surface area contributed by atoms with Crippen LogP contribution in [0.3, 0.4) is 0 Å². The zero-order valence-corrected chi connectivity index (χ0v) is 20.3. The number of para-hydroxylation sites is 1. The fourth-order valence-electron chi connectivity index (χ4n) is 4.00. The van der Waals surface area contributed by atoms with Gasteiger partial charge in [0.1, 0.15) is 0 Å². The van der Waals surface area contributed by atoms with Crippen molar-refractivity contribution in [2.24, 2.45) is 0 Å². The molecule has 1 fully saturated rings. The highest BCUT2D eigenvalue weighted by molar-refractivity contribution is 6.04. The lowest BCUT2D eigenvalue weighted by Crippen LogP contribution is -2.25. The van der Waals surface area contributed by atoms with Crippen LogP contribution in [0, 0.1) is 0 Å². The molecule has 2 heterocycles. The average molecular weight is 523 g/mol. The van der Waals surface area contributed by atoms with Gasteiger partial charge in [0, 0.05) is 41.7 Å². The number of alkyl halides is 3. The largest absolute Gasteiger partial charge is 0.504 e. The molecule has 0 bridgehead atoms. The summed E-state index contributed by atoms with van der Waals surface area (Å²) in [5.74, 6) is -0.133. The van der Waals surface area contributed by atoms with Crippen LogP contribution in [0.4, 0.5) is 19.1 Å². The Labute approximate surface area is 216 Å². The van der Waals surface area contributed by atoms with Crippen molar-refractivity contribution in [2.45, 2.75) is 44.4 Å². The van der Waals surface area contributed by atoms with E-state index in [0.717, 1.165) is 36.6 Å². The second kappa shape index (κ2) is 10.5. The van der Waals surface area contributed by atoms with Crippen LogP contribution in [0.1, 0.15) is 41.7 Å². The maximum Gasteiger partial charge on any atom is 0.504 e. The number of rotatable bonds is 9. The first-order valence-corrected chi connectivity index (χ1v) is 12.2. The molecule has 2 N–H and O–H groups in total. The van der Waals surface area contributed by atoms with Gasteiger partial charge in [0.25, 0.3) is 5.91 Å². The lowest BCUT2D eigenvalue weighted by Gasteiger charge is -2.09. The van der Waals surface area contributed by atoms with Gasteiger partial charge in [0.2, 0.25) is 11.9 Å². The first-order valence-electron chi connectivity index (χ1n) is 12.2. The highest BCUT2D eigenvalue weighted by atomic mass is 19.4. The number of imidazole rings is 1. The van der Waals surface area contributed by atoms with E-state index in [1.165, 1.54) is 6.07 Å². The van der Waals surface area contributed by atoms with E-state index >= 15 is 0 Å². The van der Waals surface area contributed by atoms with Crippen LogP contribution >= 0.6 is 0 Å². The SMILES string of the molecule is O=C(CCCc1cn(-c2ccccc2)c(NC(=O)c2cccc(-c3cnn(C(F)(F)F)c3)c2)n1)NC1CC1. The normalized spacial score (nSPS) is 13.3. The van der Waals surface area contributed by atoms with Crippen molar-refractivity contribution in [3.8, 4) is 16.8 Å². The van der Waals surface area contributed by atoms with Gasteiger partial charge < -0.3 is 5.32 Å². The van der Waals surface area contributed by atoms with E-state index in [1.54, 1.807) is 22.8 Å². The number of benzene rings is 2. The Balaban J connectivity index is 1.33. The summed E-state index contributed by atoms with van der Waals surface area (Å²) >= 11 is 0. The van der Waals surface area contributed by atoms with E-state index < -0.39 is 12.2 Å². The lowest BCUT2D eigenvalue weighted by atomic mass is 10.1. The van der Waals surface area contributed by atoms with Crippen molar-refractivity contribution in [1.82, 2.24) is 24.6 Å². The molecule has 196 valence electrons. The van der Waals surface area contributed by atoms with Crippen LogP contribution < -0.4 is 10.6 Å². The van der Waals surface area contributed by atoms with Gasteiger partial charge in [0.15, 0.2) is 0 Å². The lowest BCUT2D eigenvalue weighted by molar-refractivity contribution is -0.212. The minimum atomic E-state index is -4.62. The molecule has 1 saturated carbocycles. The molecule has 0 unspecified atom stereocenters. The maximum atomic E-state index is 13.1. The molecule has 1 aliphatic rings. The van der Waals surface area contributed by atoms with E-state index in [9.17, 15) is 22.8 Å². The Morgan fingerprint density at radius 3 is 2.50 bits per heavy atom. The van der Waals surface area contributed by atoms with Crippen LogP contribution in [0.15, 0.2) is 73.2 Å². The molecule has 2 aromatic heterocycles. The zero-order chi connectivity index (χ0) is 26.7. The summed E-state index contributed by atoms with van der Waals surface area (Å²) in [5, 5.41) is 9.15. The fourth-order valence-corrected chi connectivity index (χ4v) is 4.00. The summed E-state index contributed by atoms with van der Waals surface area (Å²) in [6, 6.07) is 16.0. The molecule has 5 rings (SSSR count). The van der Waals surface area contributed by atoms with E-state index in [2.05, 4.69) is 20.7 Å². The van der Waals surface area contributed by atoms with Crippen molar-refractivity contribution in [3.05, 3.63) is 84.4 Å². The third-order valence-corrected chi connectivity index (χ3v) is 6.10. The monoisotopic (exact) mass is 522 g/mol. The summed E-state index contributed by atoms with van der Waals surface area (Å²) in [6.07, 6.45) is 2.82. The first-order chi connectivity index (χ1) is 18.3. The topological polar surface area (TPSA) is 93.8 Å².